The second-order valence-electron chi connectivity index (χ2n) is 5.43. The average molecular weight is 297 g/mol. The van der Waals surface area contributed by atoms with Crippen LogP contribution in [0.1, 0.15) is 54.2 Å². The second-order valence-corrected chi connectivity index (χ2v) is 6.57. The van der Waals surface area contributed by atoms with E-state index in [1.54, 1.807) is 0 Å². The predicted molar refractivity (Wildman–Crippen MR) is 81.2 cm³/mol. The van der Waals surface area contributed by atoms with Crippen LogP contribution in [0, 0.1) is 6.92 Å². The largest absolute Gasteiger partial charge is 0.451 e. The summed E-state index contributed by atoms with van der Waals surface area (Å²) in [7, 11) is 0. The van der Waals surface area contributed by atoms with Crippen molar-refractivity contribution in [2.24, 2.45) is 0 Å². The molecular formula is C15H23NO3S. The van der Waals surface area contributed by atoms with Gasteiger partial charge in [-0.05, 0) is 45.2 Å². The SMILES string of the molecule is CCc1sc(C(=O)OCC(=O)NC(C)(C)CC)cc1C. The average Bonchev–Trinajstić information content (AvgIpc) is 2.77. The standard InChI is InChI=1S/C15H23NO3S/c1-6-11-10(3)8-12(20-11)14(18)19-9-13(17)16-15(4,5)7-2/h8H,6-7,9H2,1-5H3,(H,16,17). The zero-order valence-electron chi connectivity index (χ0n) is 12.8. The minimum Gasteiger partial charge on any atom is -0.451 e. The molecule has 20 heavy (non-hydrogen) atoms. The van der Waals surface area contributed by atoms with Crippen molar-refractivity contribution in [1.82, 2.24) is 5.32 Å². The number of hydrogen-bond donors (Lipinski definition) is 1. The quantitative estimate of drug-likeness (QED) is 0.821. The van der Waals surface area contributed by atoms with E-state index in [-0.39, 0.29) is 18.1 Å². The van der Waals surface area contributed by atoms with E-state index in [9.17, 15) is 9.59 Å². The molecule has 1 amide bonds. The van der Waals surface area contributed by atoms with Crippen LogP contribution in [0.25, 0.3) is 0 Å². The predicted octanol–water partition coefficient (Wildman–Crippen LogP) is 3.08. The zero-order chi connectivity index (χ0) is 15.3. The van der Waals surface area contributed by atoms with Gasteiger partial charge < -0.3 is 10.1 Å². The first-order valence-corrected chi connectivity index (χ1v) is 7.68. The number of amides is 1. The number of aryl methyl sites for hydroxylation is 2. The highest BCUT2D eigenvalue weighted by Crippen LogP contribution is 2.22. The Balaban J connectivity index is 2.53. The van der Waals surface area contributed by atoms with Gasteiger partial charge >= 0.3 is 5.97 Å². The molecule has 0 radical (unpaired) electrons. The van der Waals surface area contributed by atoms with Crippen LogP contribution in [-0.4, -0.2) is 24.0 Å². The van der Waals surface area contributed by atoms with Crippen LogP contribution < -0.4 is 5.32 Å². The molecule has 0 bridgehead atoms. The minimum absolute atomic E-state index is 0.235. The van der Waals surface area contributed by atoms with E-state index in [4.69, 9.17) is 4.74 Å². The van der Waals surface area contributed by atoms with Gasteiger partial charge in [-0.2, -0.15) is 0 Å². The van der Waals surface area contributed by atoms with Crippen LogP contribution in [-0.2, 0) is 16.0 Å². The molecule has 0 aliphatic rings. The van der Waals surface area contributed by atoms with Gasteiger partial charge in [-0.1, -0.05) is 13.8 Å². The Morgan fingerprint density at radius 3 is 2.50 bits per heavy atom. The zero-order valence-corrected chi connectivity index (χ0v) is 13.6. The summed E-state index contributed by atoms with van der Waals surface area (Å²) in [6, 6.07) is 1.82. The van der Waals surface area contributed by atoms with Crippen LogP contribution in [0.15, 0.2) is 6.07 Å². The summed E-state index contributed by atoms with van der Waals surface area (Å²) in [6.07, 6.45) is 1.71. The van der Waals surface area contributed by atoms with Crippen molar-refractivity contribution < 1.29 is 14.3 Å². The molecule has 0 spiro atoms. The van der Waals surface area contributed by atoms with Crippen molar-refractivity contribution in [2.45, 2.75) is 53.0 Å². The van der Waals surface area contributed by atoms with E-state index in [1.165, 1.54) is 16.2 Å². The molecule has 1 rings (SSSR count). The molecule has 0 aromatic carbocycles. The van der Waals surface area contributed by atoms with Crippen molar-refractivity contribution in [2.75, 3.05) is 6.61 Å². The van der Waals surface area contributed by atoms with Gasteiger partial charge in [0.1, 0.15) is 4.88 Å². The van der Waals surface area contributed by atoms with Crippen LogP contribution in [0.5, 0.6) is 0 Å². The Labute approximate surface area is 124 Å². The monoisotopic (exact) mass is 297 g/mol. The summed E-state index contributed by atoms with van der Waals surface area (Å²) in [5, 5.41) is 2.83. The molecule has 0 atom stereocenters. The Morgan fingerprint density at radius 1 is 1.35 bits per heavy atom. The van der Waals surface area contributed by atoms with Crippen molar-refractivity contribution >= 4 is 23.2 Å². The lowest BCUT2D eigenvalue weighted by molar-refractivity contribution is -0.125. The van der Waals surface area contributed by atoms with E-state index < -0.39 is 5.97 Å². The highest BCUT2D eigenvalue weighted by molar-refractivity contribution is 7.14. The summed E-state index contributed by atoms with van der Waals surface area (Å²) in [5.41, 5.74) is 0.819. The van der Waals surface area contributed by atoms with E-state index in [0.717, 1.165) is 18.4 Å². The van der Waals surface area contributed by atoms with Crippen LogP contribution in [0.4, 0.5) is 0 Å². The van der Waals surface area contributed by atoms with E-state index >= 15 is 0 Å². The minimum atomic E-state index is -0.428. The van der Waals surface area contributed by atoms with Gasteiger partial charge in [0.15, 0.2) is 6.61 Å². The maximum atomic E-state index is 11.9. The number of carbonyl (C=O) groups is 2. The molecule has 5 heteroatoms. The Bertz CT molecular complexity index is 491. The summed E-state index contributed by atoms with van der Waals surface area (Å²) >= 11 is 1.43. The molecule has 4 nitrogen and oxygen atoms in total. The highest BCUT2D eigenvalue weighted by Gasteiger charge is 2.19. The number of thiophene rings is 1. The van der Waals surface area contributed by atoms with Crippen molar-refractivity contribution in [1.29, 1.82) is 0 Å². The van der Waals surface area contributed by atoms with Gasteiger partial charge in [0.05, 0.1) is 0 Å². The van der Waals surface area contributed by atoms with Gasteiger partial charge in [0, 0.05) is 10.4 Å². The molecule has 112 valence electrons. The molecule has 0 aliphatic heterocycles. The molecule has 0 fully saturated rings. The fraction of sp³-hybridized carbons (Fsp3) is 0.600. The summed E-state index contributed by atoms with van der Waals surface area (Å²) in [6.45, 7) is 9.65. The lowest BCUT2D eigenvalue weighted by atomic mass is 10.0. The lowest BCUT2D eigenvalue weighted by Gasteiger charge is -2.24. The topological polar surface area (TPSA) is 55.4 Å². The molecule has 1 aromatic heterocycles. The summed E-state index contributed by atoms with van der Waals surface area (Å²) in [5.74, 6) is -0.698. The fourth-order valence-corrected chi connectivity index (χ4v) is 2.68. The maximum Gasteiger partial charge on any atom is 0.348 e. The Kier molecular flexibility index (Phi) is 5.74. The Hall–Kier alpha value is -1.36. The van der Waals surface area contributed by atoms with Crippen LogP contribution >= 0.6 is 11.3 Å². The van der Waals surface area contributed by atoms with E-state index in [2.05, 4.69) is 5.32 Å². The van der Waals surface area contributed by atoms with Crippen molar-refractivity contribution in [3.8, 4) is 0 Å². The number of carbonyl (C=O) groups excluding carboxylic acids is 2. The van der Waals surface area contributed by atoms with Gasteiger partial charge in [-0.3, -0.25) is 4.79 Å². The van der Waals surface area contributed by atoms with Gasteiger partial charge in [0.25, 0.3) is 5.91 Å². The molecule has 0 saturated heterocycles. The number of ether oxygens (including phenoxy) is 1. The van der Waals surface area contributed by atoms with Gasteiger partial charge in [-0.25, -0.2) is 4.79 Å². The van der Waals surface area contributed by atoms with Crippen molar-refractivity contribution in [3.63, 3.8) is 0 Å². The van der Waals surface area contributed by atoms with Gasteiger partial charge in [0.2, 0.25) is 0 Å². The maximum absolute atomic E-state index is 11.9. The second kappa shape index (κ2) is 6.88. The third-order valence-corrected chi connectivity index (χ3v) is 4.60. The molecule has 0 saturated carbocycles. The first kappa shape index (κ1) is 16.7. The first-order valence-electron chi connectivity index (χ1n) is 6.86. The van der Waals surface area contributed by atoms with Crippen molar-refractivity contribution in [3.05, 3.63) is 21.4 Å². The molecule has 1 heterocycles. The smallest absolute Gasteiger partial charge is 0.348 e. The van der Waals surface area contributed by atoms with Gasteiger partial charge in [-0.15, -0.1) is 11.3 Å². The summed E-state index contributed by atoms with van der Waals surface area (Å²) in [4.78, 5) is 25.3. The number of nitrogens with one attached hydrogen (secondary N) is 1. The molecule has 0 unspecified atom stereocenters. The normalized spacial score (nSPS) is 11.2. The number of hydrogen-bond acceptors (Lipinski definition) is 4. The number of esters is 1. The lowest BCUT2D eigenvalue weighted by Crippen LogP contribution is -2.44. The Morgan fingerprint density at radius 2 is 2.00 bits per heavy atom. The summed E-state index contributed by atoms with van der Waals surface area (Å²) < 4.78 is 5.05. The molecule has 1 aromatic rings. The van der Waals surface area contributed by atoms with E-state index in [0.29, 0.717) is 4.88 Å². The molecule has 0 aliphatic carbocycles. The first-order chi connectivity index (χ1) is 9.29. The number of rotatable bonds is 6. The molecule has 1 N–H and O–H groups in total. The fourth-order valence-electron chi connectivity index (χ4n) is 1.68. The van der Waals surface area contributed by atoms with E-state index in [1.807, 2.05) is 40.7 Å². The third-order valence-electron chi connectivity index (χ3n) is 3.24. The van der Waals surface area contributed by atoms with Crippen LogP contribution in [0.3, 0.4) is 0 Å². The molecular weight excluding hydrogens is 274 g/mol. The third kappa shape index (κ3) is 4.63. The van der Waals surface area contributed by atoms with Crippen LogP contribution in [0.2, 0.25) is 0 Å². The highest BCUT2D eigenvalue weighted by atomic mass is 32.1.